The van der Waals surface area contributed by atoms with Crippen LogP contribution in [0.15, 0.2) is 12.3 Å². The maximum Gasteiger partial charge on any atom is 0.133 e. The van der Waals surface area contributed by atoms with E-state index in [2.05, 4.69) is 15.3 Å². The Labute approximate surface area is 82.8 Å². The molecular weight excluding hydrogens is 181 g/mol. The van der Waals surface area contributed by atoms with Gasteiger partial charge in [-0.05, 0) is 25.8 Å². The van der Waals surface area contributed by atoms with Gasteiger partial charge in [-0.25, -0.2) is 14.4 Å². The van der Waals surface area contributed by atoms with Gasteiger partial charge in [0.15, 0.2) is 0 Å². The average molecular weight is 195 g/mol. The van der Waals surface area contributed by atoms with Crippen molar-refractivity contribution in [2.45, 2.75) is 31.7 Å². The van der Waals surface area contributed by atoms with Gasteiger partial charge in [0.2, 0.25) is 0 Å². The third-order valence-corrected chi connectivity index (χ3v) is 2.24. The maximum atomic E-state index is 12.2. The lowest BCUT2D eigenvalue weighted by atomic mass is 10.3. The molecule has 14 heavy (non-hydrogen) atoms. The van der Waals surface area contributed by atoms with E-state index in [-0.39, 0.29) is 12.7 Å². The number of aromatic nitrogens is 2. The van der Waals surface area contributed by atoms with Crippen molar-refractivity contribution < 1.29 is 4.39 Å². The number of nitrogens with zero attached hydrogens (tertiary/aromatic N) is 2. The van der Waals surface area contributed by atoms with E-state index < -0.39 is 0 Å². The van der Waals surface area contributed by atoms with Crippen LogP contribution >= 0.6 is 0 Å². The molecule has 0 spiro atoms. The van der Waals surface area contributed by atoms with Crippen LogP contribution in [0.1, 0.15) is 31.5 Å². The fourth-order valence-electron chi connectivity index (χ4n) is 1.28. The summed E-state index contributed by atoms with van der Waals surface area (Å²) in [6, 6.07) is 1.59. The molecule has 1 N–H and O–H groups in total. The lowest BCUT2D eigenvalue weighted by Gasteiger charge is -2.10. The van der Waals surface area contributed by atoms with E-state index in [4.69, 9.17) is 0 Å². The second-order valence-electron chi connectivity index (χ2n) is 3.77. The molecule has 0 radical (unpaired) electrons. The van der Waals surface area contributed by atoms with Gasteiger partial charge in [-0.1, -0.05) is 0 Å². The Morgan fingerprint density at radius 2 is 2.43 bits per heavy atom. The topological polar surface area (TPSA) is 37.8 Å². The van der Waals surface area contributed by atoms with Crippen molar-refractivity contribution in [1.29, 1.82) is 0 Å². The number of rotatable bonds is 4. The summed E-state index contributed by atoms with van der Waals surface area (Å²) >= 11 is 0. The highest BCUT2D eigenvalue weighted by molar-refractivity contribution is 5.34. The largest absolute Gasteiger partial charge is 0.365 e. The van der Waals surface area contributed by atoms with Gasteiger partial charge < -0.3 is 5.32 Å². The van der Waals surface area contributed by atoms with Gasteiger partial charge in [0, 0.05) is 12.1 Å². The van der Waals surface area contributed by atoms with Gasteiger partial charge in [-0.2, -0.15) is 0 Å². The first-order chi connectivity index (χ1) is 6.79. The Balaban J connectivity index is 2.05. The number of hydrogen-bond donors (Lipinski definition) is 1. The van der Waals surface area contributed by atoms with Crippen molar-refractivity contribution >= 4 is 5.82 Å². The van der Waals surface area contributed by atoms with Crippen molar-refractivity contribution in [3.8, 4) is 0 Å². The van der Waals surface area contributed by atoms with Crippen molar-refractivity contribution in [3.63, 3.8) is 0 Å². The summed E-state index contributed by atoms with van der Waals surface area (Å²) in [5, 5.41) is 2.99. The molecule has 0 unspecified atom stereocenters. The van der Waals surface area contributed by atoms with Crippen molar-refractivity contribution in [1.82, 2.24) is 9.97 Å². The molecule has 1 heterocycles. The van der Waals surface area contributed by atoms with Gasteiger partial charge in [-0.3, -0.25) is 0 Å². The molecule has 1 aromatic rings. The summed E-state index contributed by atoms with van der Waals surface area (Å²) in [7, 11) is 0. The first-order valence-electron chi connectivity index (χ1n) is 4.95. The summed E-state index contributed by atoms with van der Waals surface area (Å²) in [6.07, 6.45) is 4.10. The summed E-state index contributed by atoms with van der Waals surface area (Å²) in [4.78, 5) is 8.52. The molecule has 0 aliphatic heterocycles. The zero-order valence-electron chi connectivity index (χ0n) is 8.20. The van der Waals surface area contributed by atoms with Crippen LogP contribution in [0.25, 0.3) is 0 Å². The molecule has 1 saturated carbocycles. The fourth-order valence-corrected chi connectivity index (χ4v) is 1.28. The Morgan fingerprint density at radius 1 is 1.64 bits per heavy atom. The molecule has 2 rings (SSSR count). The monoisotopic (exact) mass is 195 g/mol. The number of alkyl halides is 1. The fraction of sp³-hybridized carbons (Fsp3) is 0.600. The van der Waals surface area contributed by atoms with Gasteiger partial charge in [-0.15, -0.1) is 0 Å². The van der Waals surface area contributed by atoms with Crippen LogP contribution in [-0.4, -0.2) is 22.7 Å². The molecule has 1 aromatic heterocycles. The minimum atomic E-state index is -0.386. The minimum Gasteiger partial charge on any atom is -0.365 e. The van der Waals surface area contributed by atoms with Crippen LogP contribution in [0.3, 0.4) is 0 Å². The van der Waals surface area contributed by atoms with Crippen molar-refractivity contribution in [2.75, 3.05) is 12.0 Å². The van der Waals surface area contributed by atoms with Gasteiger partial charge in [0.05, 0.1) is 6.04 Å². The van der Waals surface area contributed by atoms with Crippen molar-refractivity contribution in [2.24, 2.45) is 0 Å². The standard InChI is InChI=1S/C10H14FN3/c1-7(6-11)13-9-4-5-12-10(14-9)8-2-3-8/h4-5,7-8H,2-3,6H2,1H3,(H,12,13,14)/t7-/m0/s1. The third kappa shape index (κ3) is 2.19. The summed E-state index contributed by atoms with van der Waals surface area (Å²) in [5.41, 5.74) is 0. The first kappa shape index (κ1) is 9.37. The Hall–Kier alpha value is -1.19. The minimum absolute atomic E-state index is 0.183. The summed E-state index contributed by atoms with van der Waals surface area (Å²) in [5.74, 6) is 2.16. The van der Waals surface area contributed by atoms with Gasteiger partial charge >= 0.3 is 0 Å². The molecule has 3 nitrogen and oxygen atoms in total. The predicted octanol–water partition coefficient (Wildman–Crippen LogP) is 2.12. The quantitative estimate of drug-likeness (QED) is 0.799. The van der Waals surface area contributed by atoms with Crippen LogP contribution in [0, 0.1) is 0 Å². The smallest absolute Gasteiger partial charge is 0.133 e. The van der Waals surface area contributed by atoms with E-state index in [0.29, 0.717) is 5.92 Å². The van der Waals surface area contributed by atoms with Gasteiger partial charge in [0.25, 0.3) is 0 Å². The first-order valence-corrected chi connectivity index (χ1v) is 4.95. The Kier molecular flexibility index (Phi) is 2.61. The lowest BCUT2D eigenvalue weighted by molar-refractivity contribution is 0.459. The second-order valence-corrected chi connectivity index (χ2v) is 3.77. The van der Waals surface area contributed by atoms with E-state index >= 15 is 0 Å². The summed E-state index contributed by atoms with van der Waals surface area (Å²) in [6.45, 7) is 1.40. The van der Waals surface area contributed by atoms with E-state index in [1.165, 1.54) is 12.8 Å². The number of nitrogens with one attached hydrogen (secondary N) is 1. The number of hydrogen-bond acceptors (Lipinski definition) is 3. The average Bonchev–Trinajstić information content (AvgIpc) is 3.01. The lowest BCUT2D eigenvalue weighted by Crippen LogP contribution is -2.18. The zero-order chi connectivity index (χ0) is 9.97. The van der Waals surface area contributed by atoms with E-state index in [1.807, 2.05) is 0 Å². The zero-order valence-corrected chi connectivity index (χ0v) is 8.20. The third-order valence-electron chi connectivity index (χ3n) is 2.24. The van der Waals surface area contributed by atoms with Crippen LogP contribution in [-0.2, 0) is 0 Å². The van der Waals surface area contributed by atoms with E-state index in [0.717, 1.165) is 11.6 Å². The highest BCUT2D eigenvalue weighted by atomic mass is 19.1. The Bertz CT molecular complexity index is 312. The molecule has 1 aliphatic carbocycles. The van der Waals surface area contributed by atoms with Crippen molar-refractivity contribution in [3.05, 3.63) is 18.1 Å². The molecule has 76 valence electrons. The summed E-state index contributed by atoms with van der Waals surface area (Å²) < 4.78 is 12.2. The molecule has 1 aliphatic rings. The highest BCUT2D eigenvalue weighted by Crippen LogP contribution is 2.37. The molecule has 0 amide bonds. The molecule has 0 saturated heterocycles. The molecule has 0 aromatic carbocycles. The molecule has 1 fully saturated rings. The molecule has 1 atom stereocenters. The second kappa shape index (κ2) is 3.90. The van der Waals surface area contributed by atoms with Crippen LogP contribution in [0.2, 0.25) is 0 Å². The van der Waals surface area contributed by atoms with Gasteiger partial charge in [0.1, 0.15) is 18.3 Å². The highest BCUT2D eigenvalue weighted by Gasteiger charge is 2.26. The molecular formula is C10H14FN3. The SMILES string of the molecule is C[C@@H](CF)Nc1ccnc(C2CC2)n1. The van der Waals surface area contributed by atoms with Crippen LogP contribution < -0.4 is 5.32 Å². The molecule has 0 bridgehead atoms. The van der Waals surface area contributed by atoms with Crippen LogP contribution in [0.5, 0.6) is 0 Å². The van der Waals surface area contributed by atoms with Crippen LogP contribution in [0.4, 0.5) is 10.2 Å². The van der Waals surface area contributed by atoms with E-state index in [9.17, 15) is 4.39 Å². The Morgan fingerprint density at radius 3 is 3.07 bits per heavy atom. The normalized spacial score (nSPS) is 17.9. The maximum absolute atomic E-state index is 12.2. The number of anilines is 1. The predicted molar refractivity (Wildman–Crippen MR) is 53.1 cm³/mol. The van der Waals surface area contributed by atoms with E-state index in [1.54, 1.807) is 19.2 Å². The number of halogens is 1. The molecule has 4 heteroatoms.